The molecule has 0 saturated carbocycles. The van der Waals surface area contributed by atoms with Crippen molar-refractivity contribution in [3.05, 3.63) is 59.7 Å². The van der Waals surface area contributed by atoms with E-state index in [1.54, 1.807) is 24.3 Å². The smallest absolute Gasteiger partial charge is 0.255 e. The third-order valence-electron chi connectivity index (χ3n) is 3.79. The summed E-state index contributed by atoms with van der Waals surface area (Å²) < 4.78 is 25.2. The van der Waals surface area contributed by atoms with Crippen LogP contribution < -0.4 is 9.62 Å². The zero-order valence-electron chi connectivity index (χ0n) is 12.8. The van der Waals surface area contributed by atoms with Gasteiger partial charge in [-0.1, -0.05) is 12.1 Å². The molecule has 1 aliphatic heterocycles. The van der Waals surface area contributed by atoms with Gasteiger partial charge < -0.3 is 5.32 Å². The topological polar surface area (TPSA) is 66.5 Å². The van der Waals surface area contributed by atoms with Gasteiger partial charge in [0.15, 0.2) is 0 Å². The van der Waals surface area contributed by atoms with Crippen LogP contribution in [0.5, 0.6) is 0 Å². The van der Waals surface area contributed by atoms with Crippen LogP contribution in [-0.2, 0) is 10.0 Å². The summed E-state index contributed by atoms with van der Waals surface area (Å²) >= 11 is 0. The molecule has 1 heterocycles. The Kier molecular flexibility index (Phi) is 4.09. The van der Waals surface area contributed by atoms with Gasteiger partial charge in [0.2, 0.25) is 10.0 Å². The van der Waals surface area contributed by atoms with Crippen molar-refractivity contribution in [1.82, 2.24) is 0 Å². The molecule has 3 rings (SSSR count). The Morgan fingerprint density at radius 1 is 1.13 bits per heavy atom. The first-order valence-corrected chi connectivity index (χ1v) is 9.05. The van der Waals surface area contributed by atoms with Crippen molar-refractivity contribution in [3.63, 3.8) is 0 Å². The van der Waals surface area contributed by atoms with Crippen molar-refractivity contribution in [2.45, 2.75) is 13.3 Å². The molecule has 1 fully saturated rings. The van der Waals surface area contributed by atoms with Crippen molar-refractivity contribution in [2.75, 3.05) is 21.9 Å². The minimum Gasteiger partial charge on any atom is -0.322 e. The summed E-state index contributed by atoms with van der Waals surface area (Å²) in [5, 5.41) is 2.83. The summed E-state index contributed by atoms with van der Waals surface area (Å²) in [6.45, 7) is 2.46. The van der Waals surface area contributed by atoms with Crippen LogP contribution in [0.25, 0.3) is 0 Å². The van der Waals surface area contributed by atoms with Crippen molar-refractivity contribution in [3.8, 4) is 0 Å². The van der Waals surface area contributed by atoms with E-state index in [1.807, 2.05) is 31.2 Å². The van der Waals surface area contributed by atoms with E-state index in [0.717, 1.165) is 11.3 Å². The van der Waals surface area contributed by atoms with Gasteiger partial charge in [-0.05, 0) is 55.3 Å². The predicted octanol–water partition coefficient (Wildman–Crippen LogP) is 2.79. The largest absolute Gasteiger partial charge is 0.322 e. The monoisotopic (exact) mass is 330 g/mol. The molecule has 0 unspecified atom stereocenters. The maximum absolute atomic E-state index is 12.2. The lowest BCUT2D eigenvalue weighted by molar-refractivity contribution is 0.102. The van der Waals surface area contributed by atoms with Gasteiger partial charge in [0, 0.05) is 17.8 Å². The van der Waals surface area contributed by atoms with Crippen LogP contribution in [0.4, 0.5) is 11.4 Å². The number of hydrogen-bond donors (Lipinski definition) is 1. The van der Waals surface area contributed by atoms with Gasteiger partial charge in [-0.2, -0.15) is 0 Å². The van der Waals surface area contributed by atoms with Crippen LogP contribution in [0.1, 0.15) is 22.3 Å². The molecule has 0 bridgehead atoms. The lowest BCUT2D eigenvalue weighted by Crippen LogP contribution is -2.25. The summed E-state index contributed by atoms with van der Waals surface area (Å²) in [5.74, 6) is -0.0331. The molecule has 2 aromatic carbocycles. The lowest BCUT2D eigenvalue weighted by atomic mass is 10.1. The molecular formula is C17H18N2O3S. The number of nitrogens with one attached hydrogen (secondary N) is 1. The van der Waals surface area contributed by atoms with Crippen LogP contribution in [-0.4, -0.2) is 26.6 Å². The van der Waals surface area contributed by atoms with Crippen LogP contribution in [0.3, 0.4) is 0 Å². The van der Waals surface area contributed by atoms with E-state index >= 15 is 0 Å². The first kappa shape index (κ1) is 15.6. The number of benzene rings is 2. The molecule has 1 N–H and O–H groups in total. The van der Waals surface area contributed by atoms with Gasteiger partial charge in [-0.25, -0.2) is 8.42 Å². The predicted molar refractivity (Wildman–Crippen MR) is 91.3 cm³/mol. The fourth-order valence-corrected chi connectivity index (χ4v) is 4.20. The molecule has 1 amide bonds. The van der Waals surface area contributed by atoms with Crippen molar-refractivity contribution in [1.29, 1.82) is 0 Å². The third-order valence-corrected chi connectivity index (χ3v) is 5.66. The number of sulfonamides is 1. The highest BCUT2D eigenvalue weighted by Gasteiger charge is 2.28. The highest BCUT2D eigenvalue weighted by molar-refractivity contribution is 7.93. The van der Waals surface area contributed by atoms with E-state index in [0.29, 0.717) is 24.2 Å². The van der Waals surface area contributed by atoms with E-state index < -0.39 is 10.0 Å². The highest BCUT2D eigenvalue weighted by Crippen LogP contribution is 2.24. The fourth-order valence-electron chi connectivity index (χ4n) is 2.63. The third kappa shape index (κ3) is 3.37. The van der Waals surface area contributed by atoms with Gasteiger partial charge in [0.05, 0.1) is 11.4 Å². The van der Waals surface area contributed by atoms with Gasteiger partial charge in [-0.15, -0.1) is 0 Å². The minimum absolute atomic E-state index is 0.183. The van der Waals surface area contributed by atoms with Crippen LogP contribution >= 0.6 is 0 Å². The molecule has 1 aliphatic rings. The molecule has 0 spiro atoms. The molecule has 120 valence electrons. The minimum atomic E-state index is -3.19. The van der Waals surface area contributed by atoms with E-state index in [1.165, 1.54) is 4.31 Å². The second kappa shape index (κ2) is 6.04. The van der Waals surface area contributed by atoms with Gasteiger partial charge in [0.25, 0.3) is 5.91 Å². The Labute approximate surface area is 136 Å². The molecule has 23 heavy (non-hydrogen) atoms. The van der Waals surface area contributed by atoms with Crippen molar-refractivity contribution < 1.29 is 13.2 Å². The number of hydrogen-bond acceptors (Lipinski definition) is 3. The average molecular weight is 330 g/mol. The number of nitrogens with zero attached hydrogens (tertiary/aromatic N) is 1. The van der Waals surface area contributed by atoms with E-state index in [2.05, 4.69) is 5.32 Å². The first-order chi connectivity index (χ1) is 11.0. The summed E-state index contributed by atoms with van der Waals surface area (Å²) in [7, 11) is -3.19. The molecule has 0 aromatic heterocycles. The van der Waals surface area contributed by atoms with Crippen molar-refractivity contribution >= 4 is 27.3 Å². The molecule has 1 saturated heterocycles. The first-order valence-electron chi connectivity index (χ1n) is 7.44. The maximum Gasteiger partial charge on any atom is 0.255 e. The molecule has 0 radical (unpaired) electrons. The zero-order chi connectivity index (χ0) is 16.4. The molecular weight excluding hydrogens is 312 g/mol. The summed E-state index contributed by atoms with van der Waals surface area (Å²) in [4.78, 5) is 12.2. The Morgan fingerprint density at radius 3 is 2.48 bits per heavy atom. The normalized spacial score (nSPS) is 16.3. The number of anilines is 2. The molecule has 0 atom stereocenters. The highest BCUT2D eigenvalue weighted by atomic mass is 32.2. The Morgan fingerprint density at radius 2 is 1.87 bits per heavy atom. The SMILES string of the molecule is Cc1cccc(NC(=O)c2ccc(N3CCCS3(=O)=O)cc2)c1. The Bertz CT molecular complexity index is 829. The lowest BCUT2D eigenvalue weighted by Gasteiger charge is -2.17. The number of amides is 1. The maximum atomic E-state index is 12.2. The van der Waals surface area contributed by atoms with Gasteiger partial charge in [0.1, 0.15) is 0 Å². The van der Waals surface area contributed by atoms with Gasteiger partial charge in [-0.3, -0.25) is 9.10 Å². The number of aryl methyl sites for hydroxylation is 1. The van der Waals surface area contributed by atoms with Crippen LogP contribution in [0, 0.1) is 6.92 Å². The molecule has 0 aliphatic carbocycles. The quantitative estimate of drug-likeness (QED) is 0.941. The summed E-state index contributed by atoms with van der Waals surface area (Å²) in [6, 6.07) is 14.2. The Balaban J connectivity index is 1.75. The van der Waals surface area contributed by atoms with E-state index in [4.69, 9.17) is 0 Å². The van der Waals surface area contributed by atoms with Crippen molar-refractivity contribution in [2.24, 2.45) is 0 Å². The standard InChI is InChI=1S/C17H18N2O3S/c1-13-4-2-5-15(12-13)18-17(20)14-6-8-16(9-7-14)19-10-3-11-23(19,21)22/h2,4-9,12H,3,10-11H2,1H3,(H,18,20). The molecule has 5 nitrogen and oxygen atoms in total. The summed E-state index contributed by atoms with van der Waals surface area (Å²) in [6.07, 6.45) is 0.637. The summed E-state index contributed by atoms with van der Waals surface area (Å²) in [5.41, 5.74) is 2.90. The molecule has 2 aromatic rings. The Hall–Kier alpha value is -2.34. The van der Waals surface area contributed by atoms with Crippen LogP contribution in [0.2, 0.25) is 0 Å². The second-order valence-electron chi connectivity index (χ2n) is 5.61. The number of carbonyl (C=O) groups excluding carboxylic acids is 1. The number of rotatable bonds is 3. The van der Waals surface area contributed by atoms with Gasteiger partial charge >= 0.3 is 0 Å². The van der Waals surface area contributed by atoms with E-state index in [9.17, 15) is 13.2 Å². The fraction of sp³-hybridized carbons (Fsp3) is 0.235. The number of carbonyl (C=O) groups is 1. The zero-order valence-corrected chi connectivity index (χ0v) is 13.6. The average Bonchev–Trinajstić information content (AvgIpc) is 2.87. The van der Waals surface area contributed by atoms with E-state index in [-0.39, 0.29) is 11.7 Å². The molecule has 6 heteroatoms. The van der Waals surface area contributed by atoms with Crippen LogP contribution in [0.15, 0.2) is 48.5 Å². The second-order valence-corrected chi connectivity index (χ2v) is 7.63.